The lowest BCUT2D eigenvalue weighted by molar-refractivity contribution is -0.131. The first-order valence-corrected chi connectivity index (χ1v) is 6.11. The third-order valence-corrected chi connectivity index (χ3v) is 3.28. The van der Waals surface area contributed by atoms with Crippen molar-refractivity contribution in [2.75, 3.05) is 5.32 Å². The molecule has 0 aliphatic heterocycles. The molecule has 4 N–H and O–H groups in total. The summed E-state index contributed by atoms with van der Waals surface area (Å²) in [4.78, 5) is 22.3. The number of nitrogens with two attached hydrogens (primary N) is 1. The second-order valence-corrected chi connectivity index (χ2v) is 4.76. The highest BCUT2D eigenvalue weighted by Gasteiger charge is 2.39. The standard InChI is InChI=1S/C14H16N2O3.ClH/c15-14(8-1-9-14)13(19)16-11-5-2-10(3-6-11)4-7-12(17)18;/h2-7H,1,8-9,15H2,(H,16,19)(H,17,18);1H. The smallest absolute Gasteiger partial charge is 0.328 e. The van der Waals surface area contributed by atoms with Crippen molar-refractivity contribution in [1.82, 2.24) is 0 Å². The topological polar surface area (TPSA) is 92.4 Å². The van der Waals surface area contributed by atoms with Gasteiger partial charge in [-0.1, -0.05) is 12.1 Å². The Hall–Kier alpha value is -1.85. The molecule has 0 heterocycles. The van der Waals surface area contributed by atoms with E-state index in [1.165, 1.54) is 6.08 Å². The Morgan fingerprint density at radius 2 is 1.85 bits per heavy atom. The van der Waals surface area contributed by atoms with E-state index in [9.17, 15) is 9.59 Å². The Morgan fingerprint density at radius 3 is 2.30 bits per heavy atom. The van der Waals surface area contributed by atoms with Gasteiger partial charge in [0.1, 0.15) is 0 Å². The van der Waals surface area contributed by atoms with E-state index in [0.29, 0.717) is 5.69 Å². The van der Waals surface area contributed by atoms with Crippen LogP contribution in [0, 0.1) is 0 Å². The molecule has 6 heteroatoms. The van der Waals surface area contributed by atoms with Gasteiger partial charge in [-0.05, 0) is 43.0 Å². The monoisotopic (exact) mass is 296 g/mol. The molecule has 1 aliphatic carbocycles. The van der Waals surface area contributed by atoms with Gasteiger partial charge in [-0.3, -0.25) is 4.79 Å². The van der Waals surface area contributed by atoms with Crippen LogP contribution < -0.4 is 11.1 Å². The van der Waals surface area contributed by atoms with Gasteiger partial charge in [-0.25, -0.2) is 4.79 Å². The number of aliphatic carboxylic acids is 1. The quantitative estimate of drug-likeness (QED) is 0.741. The van der Waals surface area contributed by atoms with Gasteiger partial charge < -0.3 is 16.2 Å². The summed E-state index contributed by atoms with van der Waals surface area (Å²) in [5.74, 6) is -1.15. The van der Waals surface area contributed by atoms with E-state index in [1.54, 1.807) is 24.3 Å². The fourth-order valence-corrected chi connectivity index (χ4v) is 1.89. The summed E-state index contributed by atoms with van der Waals surface area (Å²) in [6, 6.07) is 6.92. The van der Waals surface area contributed by atoms with Crippen LogP contribution >= 0.6 is 12.4 Å². The van der Waals surface area contributed by atoms with Crippen LogP contribution in [0.4, 0.5) is 5.69 Å². The normalized spacial score (nSPS) is 16.1. The lowest BCUT2D eigenvalue weighted by atomic mass is 9.77. The molecule has 0 aromatic heterocycles. The van der Waals surface area contributed by atoms with E-state index < -0.39 is 11.5 Å². The molecule has 5 nitrogen and oxygen atoms in total. The van der Waals surface area contributed by atoms with Crippen LogP contribution in [0.25, 0.3) is 6.08 Å². The molecule has 0 unspecified atom stereocenters. The molecular weight excluding hydrogens is 280 g/mol. The average Bonchev–Trinajstić information content (AvgIpc) is 2.35. The zero-order chi connectivity index (χ0) is 13.9. The first-order valence-electron chi connectivity index (χ1n) is 6.11. The molecule has 0 spiro atoms. The third-order valence-electron chi connectivity index (χ3n) is 3.28. The van der Waals surface area contributed by atoms with E-state index in [0.717, 1.165) is 30.9 Å². The molecule has 1 fully saturated rings. The summed E-state index contributed by atoms with van der Waals surface area (Å²) in [7, 11) is 0. The molecule has 1 aliphatic rings. The van der Waals surface area contributed by atoms with Gasteiger partial charge in [0.15, 0.2) is 0 Å². The zero-order valence-electron chi connectivity index (χ0n) is 10.8. The number of carboxylic acids is 1. The van der Waals surface area contributed by atoms with E-state index >= 15 is 0 Å². The van der Waals surface area contributed by atoms with Crippen LogP contribution in [0.5, 0.6) is 0 Å². The number of hydrogen-bond donors (Lipinski definition) is 3. The summed E-state index contributed by atoms with van der Waals surface area (Å²) in [5, 5.41) is 11.3. The maximum Gasteiger partial charge on any atom is 0.328 e. The Bertz CT molecular complexity index is 522. The minimum atomic E-state index is -0.993. The number of carboxylic acid groups (broad SMARTS) is 1. The second kappa shape index (κ2) is 6.54. The van der Waals surface area contributed by atoms with Gasteiger partial charge >= 0.3 is 5.97 Å². The molecule has 108 valence electrons. The van der Waals surface area contributed by atoms with Crippen LogP contribution in [-0.2, 0) is 9.59 Å². The SMILES string of the molecule is Cl.NC1(C(=O)Nc2ccc(C=CC(=O)O)cc2)CCC1. The second-order valence-electron chi connectivity index (χ2n) is 4.76. The first kappa shape index (κ1) is 16.2. The average molecular weight is 297 g/mol. The lowest BCUT2D eigenvalue weighted by Crippen LogP contribution is -2.56. The van der Waals surface area contributed by atoms with E-state index in [2.05, 4.69) is 5.32 Å². The highest BCUT2D eigenvalue weighted by atomic mass is 35.5. The van der Waals surface area contributed by atoms with Crippen molar-refractivity contribution in [2.45, 2.75) is 24.8 Å². The molecule has 0 radical (unpaired) electrons. The molecule has 0 atom stereocenters. The third kappa shape index (κ3) is 3.82. The van der Waals surface area contributed by atoms with Crippen molar-refractivity contribution in [3.63, 3.8) is 0 Å². The molecule has 1 amide bonds. The lowest BCUT2D eigenvalue weighted by Gasteiger charge is -2.36. The van der Waals surface area contributed by atoms with E-state index in [4.69, 9.17) is 10.8 Å². The molecule has 1 aromatic rings. The number of amides is 1. The molecule has 1 aromatic carbocycles. The number of hydrogen-bond acceptors (Lipinski definition) is 3. The number of carbonyl (C=O) groups excluding carboxylic acids is 1. The highest BCUT2D eigenvalue weighted by molar-refractivity contribution is 5.98. The number of rotatable bonds is 4. The number of carbonyl (C=O) groups is 2. The predicted octanol–water partition coefficient (Wildman–Crippen LogP) is 2.03. The van der Waals surface area contributed by atoms with E-state index in [-0.39, 0.29) is 18.3 Å². The molecule has 0 bridgehead atoms. The molecule has 2 rings (SSSR count). The highest BCUT2D eigenvalue weighted by Crippen LogP contribution is 2.30. The Balaban J connectivity index is 0.00000200. The molecule has 0 saturated heterocycles. The number of benzene rings is 1. The van der Waals surface area contributed by atoms with Gasteiger partial charge in [-0.15, -0.1) is 12.4 Å². The summed E-state index contributed by atoms with van der Waals surface area (Å²) >= 11 is 0. The van der Waals surface area contributed by atoms with Crippen molar-refractivity contribution in [1.29, 1.82) is 0 Å². The maximum absolute atomic E-state index is 11.9. The van der Waals surface area contributed by atoms with Gasteiger partial charge in [0.2, 0.25) is 5.91 Å². The molecule has 1 saturated carbocycles. The van der Waals surface area contributed by atoms with Crippen molar-refractivity contribution in [3.8, 4) is 0 Å². The number of anilines is 1. The Morgan fingerprint density at radius 1 is 1.25 bits per heavy atom. The van der Waals surface area contributed by atoms with Crippen LogP contribution in [-0.4, -0.2) is 22.5 Å². The van der Waals surface area contributed by atoms with E-state index in [1.807, 2.05) is 0 Å². The Kier molecular flexibility index (Phi) is 5.30. The van der Waals surface area contributed by atoms with Gasteiger partial charge in [0.05, 0.1) is 5.54 Å². The summed E-state index contributed by atoms with van der Waals surface area (Å²) in [5.41, 5.74) is 6.61. The number of nitrogens with one attached hydrogen (secondary N) is 1. The van der Waals surface area contributed by atoms with Crippen LogP contribution in [0.2, 0.25) is 0 Å². The summed E-state index contributed by atoms with van der Waals surface area (Å²) < 4.78 is 0. The fraction of sp³-hybridized carbons (Fsp3) is 0.286. The van der Waals surface area contributed by atoms with Crippen molar-refractivity contribution >= 4 is 36.0 Å². The van der Waals surface area contributed by atoms with Crippen molar-refractivity contribution in [3.05, 3.63) is 35.9 Å². The van der Waals surface area contributed by atoms with Gasteiger partial charge in [-0.2, -0.15) is 0 Å². The fourth-order valence-electron chi connectivity index (χ4n) is 1.89. The summed E-state index contributed by atoms with van der Waals surface area (Å²) in [6.45, 7) is 0. The largest absolute Gasteiger partial charge is 0.478 e. The maximum atomic E-state index is 11.9. The minimum Gasteiger partial charge on any atom is -0.478 e. The Labute approximate surface area is 123 Å². The van der Waals surface area contributed by atoms with Crippen LogP contribution in [0.1, 0.15) is 24.8 Å². The van der Waals surface area contributed by atoms with Gasteiger partial charge in [0, 0.05) is 11.8 Å². The minimum absolute atomic E-state index is 0. The summed E-state index contributed by atoms with van der Waals surface area (Å²) in [6.07, 6.45) is 4.99. The van der Waals surface area contributed by atoms with Crippen LogP contribution in [0.3, 0.4) is 0 Å². The predicted molar refractivity (Wildman–Crippen MR) is 79.8 cm³/mol. The number of halogens is 1. The van der Waals surface area contributed by atoms with Crippen molar-refractivity contribution < 1.29 is 14.7 Å². The molecular formula is C14H17ClN2O3. The van der Waals surface area contributed by atoms with Gasteiger partial charge in [0.25, 0.3) is 0 Å². The zero-order valence-corrected chi connectivity index (χ0v) is 11.7. The molecule has 20 heavy (non-hydrogen) atoms. The van der Waals surface area contributed by atoms with Crippen molar-refractivity contribution in [2.24, 2.45) is 5.73 Å². The first-order chi connectivity index (χ1) is 8.99. The van der Waals surface area contributed by atoms with Crippen LogP contribution in [0.15, 0.2) is 30.3 Å².